The van der Waals surface area contributed by atoms with E-state index in [-0.39, 0.29) is 0 Å². The molecular weight excluding hydrogens is 310 g/mol. The van der Waals surface area contributed by atoms with E-state index in [1.165, 1.54) is 0 Å². The van der Waals surface area contributed by atoms with Crippen LogP contribution in [0.5, 0.6) is 0 Å². The second-order valence-electron chi connectivity index (χ2n) is 6.08. The Labute approximate surface area is 145 Å². The van der Waals surface area contributed by atoms with Crippen molar-refractivity contribution in [3.05, 3.63) is 71.0 Å². The summed E-state index contributed by atoms with van der Waals surface area (Å²) in [5, 5.41) is 13.0. The van der Waals surface area contributed by atoms with Crippen molar-refractivity contribution in [2.45, 2.75) is 20.4 Å². The monoisotopic (exact) mass is 327 g/mol. The zero-order valence-corrected chi connectivity index (χ0v) is 14.1. The number of rotatable bonds is 3. The number of benzene rings is 1. The van der Waals surface area contributed by atoms with Gasteiger partial charge >= 0.3 is 0 Å². The quantitative estimate of drug-likeness (QED) is 0.618. The maximum atomic E-state index is 9.54. The first-order chi connectivity index (χ1) is 12.2. The van der Waals surface area contributed by atoms with Gasteiger partial charge in [0.25, 0.3) is 0 Å². The third-order valence-electron chi connectivity index (χ3n) is 4.28. The number of nitrogens with one attached hydrogen (secondary N) is 1. The minimum absolute atomic E-state index is 0.606. The minimum Gasteiger partial charge on any atom is -0.365 e. The van der Waals surface area contributed by atoms with Crippen LogP contribution in [0.15, 0.2) is 48.5 Å². The first-order valence-electron chi connectivity index (χ1n) is 8.14. The van der Waals surface area contributed by atoms with Crippen LogP contribution in [0.2, 0.25) is 0 Å². The summed E-state index contributed by atoms with van der Waals surface area (Å²) in [6.07, 6.45) is 0. The maximum absolute atomic E-state index is 9.54. The summed E-state index contributed by atoms with van der Waals surface area (Å²) >= 11 is 0. The number of aromatic nitrogens is 3. The molecule has 0 amide bonds. The molecule has 3 heterocycles. The summed E-state index contributed by atoms with van der Waals surface area (Å²) in [4.78, 5) is 9.20. The summed E-state index contributed by atoms with van der Waals surface area (Å²) in [7, 11) is 0. The molecule has 1 N–H and O–H groups in total. The molecule has 0 saturated carbocycles. The molecule has 1 aromatic carbocycles. The van der Waals surface area contributed by atoms with Crippen molar-refractivity contribution in [1.82, 2.24) is 14.4 Å². The van der Waals surface area contributed by atoms with Crippen LogP contribution < -0.4 is 5.32 Å². The molecule has 0 unspecified atom stereocenters. The average molecular weight is 327 g/mol. The molecule has 5 nitrogen and oxygen atoms in total. The molecular formula is C20H17N5. The number of anilines is 1. The van der Waals surface area contributed by atoms with Crippen molar-refractivity contribution >= 4 is 22.5 Å². The van der Waals surface area contributed by atoms with Gasteiger partial charge in [-0.3, -0.25) is 9.38 Å². The highest BCUT2D eigenvalue weighted by Crippen LogP contribution is 2.26. The molecule has 0 bridgehead atoms. The summed E-state index contributed by atoms with van der Waals surface area (Å²) in [5.41, 5.74) is 6.02. The van der Waals surface area contributed by atoms with Crippen molar-refractivity contribution in [2.75, 3.05) is 5.32 Å². The molecule has 0 aliphatic rings. The molecule has 0 spiro atoms. The number of hydrogen-bond donors (Lipinski definition) is 1. The molecule has 0 radical (unpaired) electrons. The van der Waals surface area contributed by atoms with E-state index in [1.54, 1.807) is 0 Å². The molecule has 25 heavy (non-hydrogen) atoms. The van der Waals surface area contributed by atoms with Gasteiger partial charge in [0.1, 0.15) is 11.9 Å². The molecule has 4 aromatic rings. The van der Waals surface area contributed by atoms with Crippen LogP contribution in [0.25, 0.3) is 16.7 Å². The molecule has 122 valence electrons. The smallest absolute Gasteiger partial charge is 0.157 e. The van der Waals surface area contributed by atoms with Gasteiger partial charge in [0.15, 0.2) is 5.65 Å². The van der Waals surface area contributed by atoms with Gasteiger partial charge in [-0.05, 0) is 49.7 Å². The lowest BCUT2D eigenvalue weighted by molar-refractivity contribution is 0.995. The lowest BCUT2D eigenvalue weighted by Gasteiger charge is -2.12. The number of fused-ring (bicyclic) bond motifs is 3. The molecule has 0 aliphatic heterocycles. The van der Waals surface area contributed by atoms with Gasteiger partial charge in [0.2, 0.25) is 0 Å². The predicted molar refractivity (Wildman–Crippen MR) is 98.5 cm³/mol. The fraction of sp³-hybridized carbons (Fsp3) is 0.150. The van der Waals surface area contributed by atoms with Crippen LogP contribution in [-0.4, -0.2) is 14.4 Å². The topological polar surface area (TPSA) is 66.0 Å². The van der Waals surface area contributed by atoms with E-state index >= 15 is 0 Å². The first kappa shape index (κ1) is 15.2. The molecule has 5 heteroatoms. The fourth-order valence-electron chi connectivity index (χ4n) is 3.10. The number of pyridine rings is 2. The highest BCUT2D eigenvalue weighted by molar-refractivity contribution is 5.85. The third-order valence-corrected chi connectivity index (χ3v) is 4.28. The summed E-state index contributed by atoms with van der Waals surface area (Å²) in [5.74, 6) is 0.906. The lowest BCUT2D eigenvalue weighted by atomic mass is 10.1. The summed E-state index contributed by atoms with van der Waals surface area (Å²) in [6, 6.07) is 18.2. The molecule has 0 fully saturated rings. The van der Waals surface area contributed by atoms with Crippen molar-refractivity contribution in [2.24, 2.45) is 0 Å². The Bertz CT molecular complexity index is 1130. The molecule has 0 saturated heterocycles. The second-order valence-corrected chi connectivity index (χ2v) is 6.08. The third kappa shape index (κ3) is 2.58. The minimum atomic E-state index is 0.606. The first-order valence-corrected chi connectivity index (χ1v) is 8.14. The highest BCUT2D eigenvalue weighted by atomic mass is 15.1. The largest absolute Gasteiger partial charge is 0.365 e. The summed E-state index contributed by atoms with van der Waals surface area (Å²) < 4.78 is 2.01. The predicted octanol–water partition coefficient (Wildman–Crippen LogP) is 3.98. The van der Waals surface area contributed by atoms with Gasteiger partial charge in [-0.15, -0.1) is 0 Å². The molecule has 0 aliphatic carbocycles. The van der Waals surface area contributed by atoms with Gasteiger partial charge in [0.05, 0.1) is 28.8 Å². The van der Waals surface area contributed by atoms with Crippen molar-refractivity contribution in [1.29, 1.82) is 5.26 Å². The number of aryl methyl sites for hydroxylation is 2. The number of nitriles is 1. The van der Waals surface area contributed by atoms with Crippen molar-refractivity contribution in [3.8, 4) is 6.07 Å². The molecule has 3 aromatic heterocycles. The van der Waals surface area contributed by atoms with E-state index in [2.05, 4.69) is 21.4 Å². The van der Waals surface area contributed by atoms with Crippen LogP contribution in [0.3, 0.4) is 0 Å². The lowest BCUT2D eigenvalue weighted by Crippen LogP contribution is -2.07. The van der Waals surface area contributed by atoms with E-state index in [0.717, 1.165) is 33.8 Å². The standard InChI is InChI=1S/C20H17N5/c1-13-10-19(22-12-15-7-5-6-14(2)23-15)25-18-9-4-3-8-17(18)24-20(25)16(13)11-21/h3-10,22H,12H2,1-2H3. The van der Waals surface area contributed by atoms with Crippen LogP contribution in [0.1, 0.15) is 22.5 Å². The van der Waals surface area contributed by atoms with Gasteiger partial charge in [-0.2, -0.15) is 5.26 Å². The van der Waals surface area contributed by atoms with E-state index < -0.39 is 0 Å². The highest BCUT2D eigenvalue weighted by Gasteiger charge is 2.14. The zero-order valence-electron chi connectivity index (χ0n) is 14.1. The number of hydrogen-bond acceptors (Lipinski definition) is 4. The Hall–Kier alpha value is -3.39. The van der Waals surface area contributed by atoms with Crippen LogP contribution in [0.4, 0.5) is 5.82 Å². The van der Waals surface area contributed by atoms with Crippen molar-refractivity contribution in [3.63, 3.8) is 0 Å². The van der Waals surface area contributed by atoms with Crippen LogP contribution >= 0.6 is 0 Å². The van der Waals surface area contributed by atoms with Gasteiger partial charge in [-0.1, -0.05) is 18.2 Å². The van der Waals surface area contributed by atoms with E-state index in [0.29, 0.717) is 17.8 Å². The molecule has 0 atom stereocenters. The SMILES string of the molecule is Cc1cccc(CNc2cc(C)c(C#N)c3nc4ccccc4n23)n1. The number of para-hydroxylation sites is 2. The van der Waals surface area contributed by atoms with E-state index in [9.17, 15) is 5.26 Å². The second kappa shape index (κ2) is 5.91. The number of nitrogens with zero attached hydrogens (tertiary/aromatic N) is 4. The normalized spacial score (nSPS) is 10.9. The Morgan fingerprint density at radius 1 is 1.08 bits per heavy atom. The van der Waals surface area contributed by atoms with Crippen molar-refractivity contribution < 1.29 is 0 Å². The average Bonchev–Trinajstić information content (AvgIpc) is 2.99. The van der Waals surface area contributed by atoms with E-state index in [1.807, 2.05) is 66.8 Å². The van der Waals surface area contributed by atoms with Gasteiger partial charge in [0, 0.05) is 5.69 Å². The van der Waals surface area contributed by atoms with Gasteiger partial charge in [-0.25, -0.2) is 4.98 Å². The zero-order chi connectivity index (χ0) is 17.4. The number of imidazole rings is 1. The molecule has 4 rings (SSSR count). The summed E-state index contributed by atoms with van der Waals surface area (Å²) in [6.45, 7) is 4.53. The Morgan fingerprint density at radius 3 is 2.72 bits per heavy atom. The maximum Gasteiger partial charge on any atom is 0.157 e. The van der Waals surface area contributed by atoms with Crippen LogP contribution in [0, 0.1) is 25.2 Å². The fourth-order valence-corrected chi connectivity index (χ4v) is 3.10. The Kier molecular flexibility index (Phi) is 3.58. The van der Waals surface area contributed by atoms with E-state index in [4.69, 9.17) is 0 Å². The van der Waals surface area contributed by atoms with Gasteiger partial charge < -0.3 is 5.32 Å². The van der Waals surface area contributed by atoms with Crippen LogP contribution in [-0.2, 0) is 6.54 Å². The Morgan fingerprint density at radius 2 is 1.92 bits per heavy atom. The Balaban J connectivity index is 1.87.